The second-order valence-corrected chi connectivity index (χ2v) is 8.02. The fourth-order valence-electron chi connectivity index (χ4n) is 4.08. The number of likely N-dealkylation sites (tertiary alicyclic amines) is 1. The topological polar surface area (TPSA) is 57.5 Å². The molecular weight excluding hydrogens is 381 g/mol. The molecule has 1 aromatic heterocycles. The summed E-state index contributed by atoms with van der Waals surface area (Å²) in [5.41, 5.74) is 1.42. The molecule has 2 aromatic carbocycles. The monoisotopic (exact) mass is 409 g/mol. The first-order valence-electron chi connectivity index (χ1n) is 10.7. The fourth-order valence-corrected chi connectivity index (χ4v) is 4.08. The molecule has 0 spiro atoms. The minimum atomic E-state index is -0.285. The van der Waals surface area contributed by atoms with E-state index in [0.29, 0.717) is 24.0 Å². The summed E-state index contributed by atoms with van der Waals surface area (Å²) >= 11 is 0. The van der Waals surface area contributed by atoms with E-state index < -0.39 is 0 Å². The summed E-state index contributed by atoms with van der Waals surface area (Å²) in [6.45, 7) is 4.42. The molecule has 0 bridgehead atoms. The molecule has 2 heterocycles. The second kappa shape index (κ2) is 9.30. The van der Waals surface area contributed by atoms with Crippen LogP contribution in [0.2, 0.25) is 0 Å². The van der Waals surface area contributed by atoms with Crippen LogP contribution in [0.15, 0.2) is 48.7 Å². The maximum absolute atomic E-state index is 13.1. The molecule has 0 atom stereocenters. The van der Waals surface area contributed by atoms with Crippen molar-refractivity contribution in [3.05, 3.63) is 65.6 Å². The molecule has 1 fully saturated rings. The average Bonchev–Trinajstić information content (AvgIpc) is 3.08. The lowest BCUT2D eigenvalue weighted by molar-refractivity contribution is 0.0951. The van der Waals surface area contributed by atoms with Crippen LogP contribution in [0.5, 0.6) is 5.88 Å². The van der Waals surface area contributed by atoms with Gasteiger partial charge in [-0.15, -0.1) is 0 Å². The summed E-state index contributed by atoms with van der Waals surface area (Å²) in [6.07, 6.45) is 6.66. The minimum Gasteiger partial charge on any atom is -0.494 e. The lowest BCUT2D eigenvalue weighted by Crippen LogP contribution is -2.33. The van der Waals surface area contributed by atoms with Gasteiger partial charge in [0.15, 0.2) is 5.88 Å². The van der Waals surface area contributed by atoms with Gasteiger partial charge in [-0.3, -0.25) is 4.79 Å². The number of halogens is 1. The fraction of sp³-hybridized carbons (Fsp3) is 0.375. The number of fused-ring (bicyclic) bond motifs is 1. The van der Waals surface area contributed by atoms with Crippen molar-refractivity contribution >= 4 is 16.7 Å². The Morgan fingerprint density at radius 3 is 2.60 bits per heavy atom. The van der Waals surface area contributed by atoms with Crippen molar-refractivity contribution in [2.24, 2.45) is 0 Å². The zero-order valence-electron chi connectivity index (χ0n) is 17.1. The minimum absolute atomic E-state index is 0.106. The molecular formula is C24H28FN3O2. The van der Waals surface area contributed by atoms with Crippen molar-refractivity contribution in [1.82, 2.24) is 14.8 Å². The first kappa shape index (κ1) is 20.4. The second-order valence-electron chi connectivity index (χ2n) is 8.02. The molecule has 30 heavy (non-hydrogen) atoms. The number of carbonyl (C=O) groups excluding carboxylic acids is 1. The van der Waals surface area contributed by atoms with Crippen molar-refractivity contribution in [2.45, 2.75) is 32.2 Å². The molecule has 0 radical (unpaired) electrons. The SMILES string of the molecule is O=C(NCCCN1CCCCC1)c1ccc2cn(Cc3ccc(F)cc3)c(O)c2c1. The number of rotatable bonds is 7. The van der Waals surface area contributed by atoms with Gasteiger partial charge in [0.25, 0.3) is 5.91 Å². The molecule has 1 aliphatic heterocycles. The Morgan fingerprint density at radius 2 is 1.83 bits per heavy atom. The largest absolute Gasteiger partial charge is 0.494 e. The van der Waals surface area contributed by atoms with E-state index in [2.05, 4.69) is 10.2 Å². The van der Waals surface area contributed by atoms with Gasteiger partial charge in [0.05, 0.1) is 6.54 Å². The number of benzene rings is 2. The van der Waals surface area contributed by atoms with Gasteiger partial charge < -0.3 is 19.9 Å². The van der Waals surface area contributed by atoms with Crippen LogP contribution in [0.3, 0.4) is 0 Å². The predicted octanol–water partition coefficient (Wildman–Crippen LogP) is 4.14. The van der Waals surface area contributed by atoms with Gasteiger partial charge in [-0.2, -0.15) is 0 Å². The Bertz CT molecular complexity index is 1010. The highest BCUT2D eigenvalue weighted by Gasteiger charge is 2.13. The zero-order valence-corrected chi connectivity index (χ0v) is 17.1. The smallest absolute Gasteiger partial charge is 0.251 e. The highest BCUT2D eigenvalue weighted by atomic mass is 19.1. The Hall–Kier alpha value is -2.86. The van der Waals surface area contributed by atoms with Crippen LogP contribution in [-0.2, 0) is 6.54 Å². The molecule has 0 aliphatic carbocycles. The standard InChI is InChI=1S/C24H28FN3O2/c25-21-9-5-18(6-10-21)16-28-17-20-8-7-19(15-22(20)24(28)30)23(29)26-11-4-14-27-12-2-1-3-13-27/h5-10,15,17,30H,1-4,11-14,16H2,(H,26,29). The summed E-state index contributed by atoms with van der Waals surface area (Å²) < 4.78 is 14.8. The summed E-state index contributed by atoms with van der Waals surface area (Å²) in [5, 5.41) is 15.1. The van der Waals surface area contributed by atoms with E-state index in [-0.39, 0.29) is 17.6 Å². The first-order valence-corrected chi connectivity index (χ1v) is 10.7. The average molecular weight is 410 g/mol. The molecule has 5 nitrogen and oxygen atoms in total. The van der Waals surface area contributed by atoms with Crippen LogP contribution in [0.25, 0.3) is 10.8 Å². The third-order valence-electron chi connectivity index (χ3n) is 5.77. The van der Waals surface area contributed by atoms with Crippen LogP contribution in [0.4, 0.5) is 4.39 Å². The molecule has 1 aliphatic rings. The summed E-state index contributed by atoms with van der Waals surface area (Å²) in [7, 11) is 0. The number of amides is 1. The molecule has 1 amide bonds. The number of aromatic nitrogens is 1. The van der Waals surface area contributed by atoms with Crippen LogP contribution < -0.4 is 5.32 Å². The van der Waals surface area contributed by atoms with Crippen LogP contribution in [0, 0.1) is 5.82 Å². The molecule has 2 N–H and O–H groups in total. The molecule has 1 saturated heterocycles. The maximum Gasteiger partial charge on any atom is 0.251 e. The van der Waals surface area contributed by atoms with Gasteiger partial charge in [0, 0.05) is 29.1 Å². The molecule has 4 rings (SSSR count). The Labute approximate surface area is 176 Å². The van der Waals surface area contributed by atoms with E-state index >= 15 is 0 Å². The highest BCUT2D eigenvalue weighted by molar-refractivity contribution is 6.00. The highest BCUT2D eigenvalue weighted by Crippen LogP contribution is 2.29. The number of carbonyl (C=O) groups is 1. The van der Waals surface area contributed by atoms with Crippen molar-refractivity contribution in [2.75, 3.05) is 26.2 Å². The van der Waals surface area contributed by atoms with Crippen LogP contribution in [0.1, 0.15) is 41.6 Å². The normalized spacial score (nSPS) is 14.8. The van der Waals surface area contributed by atoms with Crippen molar-refractivity contribution in [3.63, 3.8) is 0 Å². The number of nitrogens with one attached hydrogen (secondary N) is 1. The van der Waals surface area contributed by atoms with Crippen LogP contribution >= 0.6 is 0 Å². The Morgan fingerprint density at radius 1 is 1.07 bits per heavy atom. The summed E-state index contributed by atoms with van der Waals surface area (Å²) in [4.78, 5) is 15.0. The maximum atomic E-state index is 13.1. The molecule has 0 saturated carbocycles. The van der Waals surface area contributed by atoms with Gasteiger partial charge in [-0.05, 0) is 68.7 Å². The van der Waals surface area contributed by atoms with Crippen molar-refractivity contribution in [1.29, 1.82) is 0 Å². The first-order chi connectivity index (χ1) is 14.6. The molecule has 3 aromatic rings. The molecule has 6 heteroatoms. The predicted molar refractivity (Wildman–Crippen MR) is 116 cm³/mol. The summed E-state index contributed by atoms with van der Waals surface area (Å²) in [6, 6.07) is 11.6. The van der Waals surface area contributed by atoms with E-state index in [1.165, 1.54) is 44.5 Å². The lowest BCUT2D eigenvalue weighted by Gasteiger charge is -2.26. The number of hydrogen-bond donors (Lipinski definition) is 2. The third kappa shape index (κ3) is 4.82. The molecule has 0 unspecified atom stereocenters. The number of piperidine rings is 1. The van der Waals surface area contributed by atoms with E-state index in [1.54, 1.807) is 28.8 Å². The van der Waals surface area contributed by atoms with E-state index in [9.17, 15) is 14.3 Å². The van der Waals surface area contributed by atoms with Crippen molar-refractivity contribution in [3.8, 4) is 5.88 Å². The van der Waals surface area contributed by atoms with E-state index in [4.69, 9.17) is 0 Å². The summed E-state index contributed by atoms with van der Waals surface area (Å²) in [5.74, 6) is -0.303. The van der Waals surface area contributed by atoms with Gasteiger partial charge in [0.2, 0.25) is 0 Å². The van der Waals surface area contributed by atoms with Crippen molar-refractivity contribution < 1.29 is 14.3 Å². The van der Waals surface area contributed by atoms with Gasteiger partial charge in [0.1, 0.15) is 5.82 Å². The number of hydrogen-bond acceptors (Lipinski definition) is 3. The number of nitrogens with zero attached hydrogens (tertiary/aromatic N) is 2. The quantitative estimate of drug-likeness (QED) is 0.577. The van der Waals surface area contributed by atoms with E-state index in [0.717, 1.165) is 23.9 Å². The third-order valence-corrected chi connectivity index (χ3v) is 5.77. The van der Waals surface area contributed by atoms with Gasteiger partial charge >= 0.3 is 0 Å². The van der Waals surface area contributed by atoms with Crippen LogP contribution in [-0.4, -0.2) is 46.7 Å². The lowest BCUT2D eigenvalue weighted by atomic mass is 10.1. The van der Waals surface area contributed by atoms with Gasteiger partial charge in [-0.25, -0.2) is 4.39 Å². The van der Waals surface area contributed by atoms with E-state index in [1.807, 2.05) is 12.3 Å². The number of aromatic hydroxyl groups is 1. The zero-order chi connectivity index (χ0) is 20.9. The van der Waals surface area contributed by atoms with Gasteiger partial charge in [-0.1, -0.05) is 24.6 Å². The Balaban J connectivity index is 1.37. The molecule has 158 valence electrons. The Kier molecular flexibility index (Phi) is 6.33.